The van der Waals surface area contributed by atoms with Crippen molar-refractivity contribution < 1.29 is 17.9 Å². The molecule has 3 heterocycles. The number of fused-ring (bicyclic) bond motifs is 1. The fourth-order valence-electron chi connectivity index (χ4n) is 2.62. The van der Waals surface area contributed by atoms with Crippen LogP contribution < -0.4 is 4.74 Å². The van der Waals surface area contributed by atoms with Crippen LogP contribution in [0.15, 0.2) is 49.1 Å². The van der Waals surface area contributed by atoms with Gasteiger partial charge in [0.2, 0.25) is 0 Å². The smallest absolute Gasteiger partial charge is 0.453 e. The van der Waals surface area contributed by atoms with E-state index < -0.39 is 12.0 Å². The number of rotatable bonds is 4. The Morgan fingerprint density at radius 3 is 2.56 bits per heavy atom. The minimum atomic E-state index is -4.65. The summed E-state index contributed by atoms with van der Waals surface area (Å²) < 4.78 is 47.4. The van der Waals surface area contributed by atoms with Crippen molar-refractivity contribution in [3.05, 3.63) is 60.4 Å². The lowest BCUT2D eigenvalue weighted by molar-refractivity contribution is -0.144. The summed E-state index contributed by atoms with van der Waals surface area (Å²) in [6.07, 6.45) is 1.66. The molecule has 4 rings (SSSR count). The Morgan fingerprint density at radius 1 is 1.11 bits per heavy atom. The first-order valence-electron chi connectivity index (χ1n) is 7.88. The van der Waals surface area contributed by atoms with Crippen LogP contribution in [-0.4, -0.2) is 36.2 Å². The van der Waals surface area contributed by atoms with Crippen molar-refractivity contribution in [3.63, 3.8) is 0 Å². The molecule has 4 aromatic rings. The Balaban J connectivity index is 1.78. The predicted molar refractivity (Wildman–Crippen MR) is 89.1 cm³/mol. The monoisotopic (exact) mass is 374 g/mol. The molecule has 1 aromatic carbocycles. The quantitative estimate of drug-likeness (QED) is 0.549. The second kappa shape index (κ2) is 6.38. The molecule has 3 aromatic heterocycles. The highest BCUT2D eigenvalue weighted by Gasteiger charge is 2.37. The third-order valence-corrected chi connectivity index (χ3v) is 3.91. The average molecular weight is 374 g/mol. The molecule has 0 spiro atoms. The van der Waals surface area contributed by atoms with E-state index in [2.05, 4.69) is 20.1 Å². The van der Waals surface area contributed by atoms with Crippen LogP contribution in [0.25, 0.3) is 17.2 Å². The molecule has 0 N–H and O–H groups in total. The van der Waals surface area contributed by atoms with Crippen molar-refractivity contribution in [2.45, 2.75) is 12.7 Å². The number of benzene rings is 1. The van der Waals surface area contributed by atoms with Gasteiger partial charge in [-0.3, -0.25) is 4.98 Å². The third-order valence-electron chi connectivity index (χ3n) is 3.91. The lowest BCUT2D eigenvalue weighted by Crippen LogP contribution is -2.09. The highest BCUT2D eigenvalue weighted by Crippen LogP contribution is 2.29. The zero-order valence-electron chi connectivity index (χ0n) is 14.1. The number of halogens is 3. The largest absolute Gasteiger partial charge is 0.497 e. The third kappa shape index (κ3) is 3.33. The summed E-state index contributed by atoms with van der Waals surface area (Å²) in [5.74, 6) is -0.524. The van der Waals surface area contributed by atoms with Gasteiger partial charge in [0.1, 0.15) is 11.4 Å². The van der Waals surface area contributed by atoms with Gasteiger partial charge in [-0.05, 0) is 17.7 Å². The Labute approximate surface area is 151 Å². The molecule has 0 aliphatic heterocycles. The van der Waals surface area contributed by atoms with E-state index in [1.54, 1.807) is 54.4 Å². The van der Waals surface area contributed by atoms with Crippen molar-refractivity contribution in [2.75, 3.05) is 7.11 Å². The van der Waals surface area contributed by atoms with Gasteiger partial charge in [0.25, 0.3) is 5.82 Å². The van der Waals surface area contributed by atoms with Crippen LogP contribution in [0.1, 0.15) is 11.4 Å². The summed E-state index contributed by atoms with van der Waals surface area (Å²) in [6, 6.07) is 6.97. The first-order chi connectivity index (χ1) is 12.9. The average Bonchev–Trinajstić information content (AvgIpc) is 3.25. The van der Waals surface area contributed by atoms with Crippen molar-refractivity contribution >= 4 is 5.65 Å². The SMILES string of the molecule is COc1ccc(Cn2nc(C(F)(F)F)nc2-c2cn3ccncc3n2)cc1. The first-order valence-corrected chi connectivity index (χ1v) is 7.88. The van der Waals surface area contributed by atoms with Gasteiger partial charge >= 0.3 is 6.18 Å². The van der Waals surface area contributed by atoms with E-state index in [-0.39, 0.29) is 18.1 Å². The summed E-state index contributed by atoms with van der Waals surface area (Å²) in [5.41, 5.74) is 1.53. The molecule has 0 bridgehead atoms. The molecule has 0 fully saturated rings. The predicted octanol–water partition coefficient (Wildman–Crippen LogP) is 3.06. The molecule has 0 amide bonds. The van der Waals surface area contributed by atoms with Gasteiger partial charge in [-0.15, -0.1) is 5.10 Å². The normalized spacial score (nSPS) is 11.9. The van der Waals surface area contributed by atoms with Gasteiger partial charge < -0.3 is 9.14 Å². The maximum absolute atomic E-state index is 13.1. The lowest BCUT2D eigenvalue weighted by atomic mass is 10.2. The van der Waals surface area contributed by atoms with Gasteiger partial charge in [0, 0.05) is 18.6 Å². The van der Waals surface area contributed by atoms with E-state index in [0.29, 0.717) is 11.4 Å². The minimum absolute atomic E-state index is 0.0295. The van der Waals surface area contributed by atoms with Crippen LogP contribution in [-0.2, 0) is 12.7 Å². The topological polar surface area (TPSA) is 70.1 Å². The highest BCUT2D eigenvalue weighted by atomic mass is 19.4. The summed E-state index contributed by atoms with van der Waals surface area (Å²) in [4.78, 5) is 11.9. The Bertz CT molecular complexity index is 1050. The summed E-state index contributed by atoms with van der Waals surface area (Å²) in [7, 11) is 1.54. The van der Waals surface area contributed by atoms with Crippen LogP contribution in [0, 0.1) is 0 Å². The summed E-state index contributed by atoms with van der Waals surface area (Å²) >= 11 is 0. The molecule has 138 valence electrons. The minimum Gasteiger partial charge on any atom is -0.497 e. The second-order valence-electron chi connectivity index (χ2n) is 5.73. The van der Waals surface area contributed by atoms with E-state index in [9.17, 15) is 13.2 Å². The number of hydrogen-bond acceptors (Lipinski definition) is 5. The van der Waals surface area contributed by atoms with Crippen LogP contribution in [0.5, 0.6) is 5.75 Å². The van der Waals surface area contributed by atoms with Crippen LogP contribution in [0.4, 0.5) is 13.2 Å². The molecule has 0 saturated carbocycles. The number of ether oxygens (including phenoxy) is 1. The van der Waals surface area contributed by atoms with Gasteiger partial charge in [0.05, 0.1) is 19.9 Å². The molecule has 27 heavy (non-hydrogen) atoms. The number of alkyl halides is 3. The van der Waals surface area contributed by atoms with Gasteiger partial charge in [-0.25, -0.2) is 14.6 Å². The van der Waals surface area contributed by atoms with E-state index in [1.807, 2.05) is 0 Å². The molecule has 0 atom stereocenters. The first kappa shape index (κ1) is 17.0. The molecule has 10 heteroatoms. The summed E-state index contributed by atoms with van der Waals surface area (Å²) in [6.45, 7) is 0.106. The van der Waals surface area contributed by atoms with Crippen molar-refractivity contribution in [2.24, 2.45) is 0 Å². The Kier molecular flexibility index (Phi) is 4.02. The van der Waals surface area contributed by atoms with E-state index >= 15 is 0 Å². The van der Waals surface area contributed by atoms with Crippen LogP contribution in [0.3, 0.4) is 0 Å². The van der Waals surface area contributed by atoms with Crippen molar-refractivity contribution in [1.82, 2.24) is 29.1 Å². The molecule has 0 radical (unpaired) electrons. The standard InChI is InChI=1S/C17H13F3N6O/c1-27-12-4-2-11(3-5-12)9-26-15(23-16(24-26)17(18,19)20)13-10-25-7-6-21-8-14(25)22-13/h2-8,10H,9H2,1H3. The van der Waals surface area contributed by atoms with Crippen LogP contribution >= 0.6 is 0 Å². The zero-order chi connectivity index (χ0) is 19.0. The highest BCUT2D eigenvalue weighted by molar-refractivity contribution is 5.55. The number of methoxy groups -OCH3 is 1. The van der Waals surface area contributed by atoms with Crippen molar-refractivity contribution in [1.29, 1.82) is 0 Å². The molecular formula is C17H13F3N6O. The van der Waals surface area contributed by atoms with E-state index in [0.717, 1.165) is 5.56 Å². The fourth-order valence-corrected chi connectivity index (χ4v) is 2.62. The van der Waals surface area contributed by atoms with Gasteiger partial charge in [-0.2, -0.15) is 13.2 Å². The molecule has 7 nitrogen and oxygen atoms in total. The number of aromatic nitrogens is 6. The number of nitrogens with zero attached hydrogens (tertiary/aromatic N) is 6. The maximum Gasteiger partial charge on any atom is 0.453 e. The fraction of sp³-hybridized carbons (Fsp3) is 0.176. The molecule has 0 saturated heterocycles. The van der Waals surface area contributed by atoms with Gasteiger partial charge in [0.15, 0.2) is 11.5 Å². The van der Waals surface area contributed by atoms with E-state index in [1.165, 1.54) is 10.9 Å². The van der Waals surface area contributed by atoms with Crippen LogP contribution in [0.2, 0.25) is 0 Å². The van der Waals surface area contributed by atoms with E-state index in [4.69, 9.17) is 4.74 Å². The van der Waals surface area contributed by atoms with Gasteiger partial charge in [-0.1, -0.05) is 12.1 Å². The number of imidazole rings is 1. The molecule has 0 aliphatic rings. The molecular weight excluding hydrogens is 361 g/mol. The van der Waals surface area contributed by atoms with Crippen molar-refractivity contribution in [3.8, 4) is 17.3 Å². The number of hydrogen-bond donors (Lipinski definition) is 0. The Hall–Kier alpha value is -3.43. The summed E-state index contributed by atoms with van der Waals surface area (Å²) in [5, 5.41) is 3.65. The molecule has 0 unspecified atom stereocenters. The Morgan fingerprint density at radius 2 is 1.89 bits per heavy atom. The lowest BCUT2D eigenvalue weighted by Gasteiger charge is -2.06. The zero-order valence-corrected chi connectivity index (χ0v) is 14.1. The maximum atomic E-state index is 13.1. The second-order valence-corrected chi connectivity index (χ2v) is 5.73. The molecule has 0 aliphatic carbocycles.